The number of Topliss-reactive ketones (excluding diaryl/α,β-unsaturated/α-hetero) is 3. The number of rotatable bonds is 35. The maximum atomic E-state index is 12.6. The minimum atomic E-state index is -3.45. The van der Waals surface area contributed by atoms with Crippen molar-refractivity contribution in [2.45, 2.75) is 181 Å². The fraction of sp³-hybridized carbons (Fsp3) is 0.846. The molecule has 0 radical (unpaired) electrons. The second-order valence-electron chi connectivity index (χ2n) is 15.6. The number of nitrogens with zero attached hydrogens (tertiary/aromatic N) is 3. The van der Waals surface area contributed by atoms with Crippen LogP contribution < -0.4 is 5.32 Å². The molecule has 304 valence electrons. The highest BCUT2D eigenvalue weighted by atomic mass is 32.2. The number of carbonyl (C=O) groups is 5. The lowest BCUT2D eigenvalue weighted by molar-refractivity contribution is -0.139. The summed E-state index contributed by atoms with van der Waals surface area (Å²) in [7, 11) is -3.45. The molecule has 0 bridgehead atoms. The first-order chi connectivity index (χ1) is 25.2. The Morgan fingerprint density at radius 3 is 1.85 bits per heavy atom. The molecule has 0 aliphatic carbocycles. The summed E-state index contributed by atoms with van der Waals surface area (Å²) >= 11 is 0. The Labute approximate surface area is 318 Å². The monoisotopic (exact) mass is 767 g/mol. The Kier molecular flexibility index (Phi) is 25.7. The molecule has 53 heavy (non-hydrogen) atoms. The zero-order valence-electron chi connectivity index (χ0n) is 32.9. The standard InChI is InChI=1S/C39H69N5O8S/c1-39(2,3)35(47)30-32(34(46)26-27-38(49)50)22-19-20-28-40-37(48)25-18-15-21-29-53(51,52)31-33(45)23-16-13-11-9-7-5-4-6-8-10-12-14-17-24-36-41-43-44-42-36/h32H,4-31H2,1-3H3,(H,40,48)(H,49,50)(H,41,42,43,44)/t32-/m1/s1. The predicted octanol–water partition coefficient (Wildman–Crippen LogP) is 7.09. The second-order valence-corrected chi connectivity index (χ2v) is 17.8. The third-order valence-corrected chi connectivity index (χ3v) is 11.3. The molecule has 0 aliphatic rings. The smallest absolute Gasteiger partial charge is 0.303 e. The number of unbranched alkanes of at least 4 members (excludes halogenated alkanes) is 15. The van der Waals surface area contributed by atoms with Gasteiger partial charge < -0.3 is 10.4 Å². The zero-order chi connectivity index (χ0) is 39.4. The molecule has 1 aromatic heterocycles. The summed E-state index contributed by atoms with van der Waals surface area (Å²) in [6.07, 6.45) is 19.5. The highest BCUT2D eigenvalue weighted by molar-refractivity contribution is 7.92. The summed E-state index contributed by atoms with van der Waals surface area (Å²) in [5, 5.41) is 25.7. The number of carbonyl (C=O) groups excluding carboxylic acids is 4. The van der Waals surface area contributed by atoms with Gasteiger partial charge in [-0.3, -0.25) is 24.0 Å². The van der Waals surface area contributed by atoms with Crippen LogP contribution in [0.3, 0.4) is 0 Å². The lowest BCUT2D eigenvalue weighted by Crippen LogP contribution is -2.27. The number of nitrogens with one attached hydrogen (secondary N) is 2. The number of aryl methyl sites for hydroxylation is 1. The molecular formula is C39H69N5O8S. The van der Waals surface area contributed by atoms with Gasteiger partial charge in [-0.25, -0.2) is 8.42 Å². The summed E-state index contributed by atoms with van der Waals surface area (Å²) in [5.74, 6) is -1.81. The van der Waals surface area contributed by atoms with Gasteiger partial charge in [-0.1, -0.05) is 109 Å². The normalized spacial score (nSPS) is 12.4. The van der Waals surface area contributed by atoms with E-state index in [2.05, 4.69) is 25.9 Å². The first kappa shape index (κ1) is 48.0. The average Bonchev–Trinajstić information content (AvgIpc) is 3.61. The van der Waals surface area contributed by atoms with Gasteiger partial charge in [0, 0.05) is 50.0 Å². The number of tetrazole rings is 1. The van der Waals surface area contributed by atoms with Crippen LogP contribution in [0.15, 0.2) is 0 Å². The van der Waals surface area contributed by atoms with Gasteiger partial charge in [0.25, 0.3) is 0 Å². The van der Waals surface area contributed by atoms with Crippen LogP contribution in [0.1, 0.15) is 181 Å². The number of aromatic nitrogens is 4. The third-order valence-electron chi connectivity index (χ3n) is 9.60. The molecule has 1 rings (SSSR count). The topological polar surface area (TPSA) is 206 Å². The Hall–Kier alpha value is -3.03. The number of carboxylic acids is 1. The molecular weight excluding hydrogens is 699 g/mol. The molecule has 1 aromatic rings. The van der Waals surface area contributed by atoms with E-state index in [-0.39, 0.29) is 54.7 Å². The van der Waals surface area contributed by atoms with Crippen LogP contribution in [0.5, 0.6) is 0 Å². The zero-order valence-corrected chi connectivity index (χ0v) is 33.7. The molecule has 1 heterocycles. The van der Waals surface area contributed by atoms with Gasteiger partial charge in [0.2, 0.25) is 5.91 Å². The number of ketones is 3. The van der Waals surface area contributed by atoms with Gasteiger partial charge in [0.1, 0.15) is 23.1 Å². The van der Waals surface area contributed by atoms with Crippen molar-refractivity contribution in [2.75, 3.05) is 18.1 Å². The number of aliphatic carboxylic acids is 1. The fourth-order valence-corrected chi connectivity index (χ4v) is 7.61. The summed E-state index contributed by atoms with van der Waals surface area (Å²) in [4.78, 5) is 60.5. The lowest BCUT2D eigenvalue weighted by Gasteiger charge is -2.21. The first-order valence-corrected chi connectivity index (χ1v) is 22.0. The van der Waals surface area contributed by atoms with E-state index in [1.807, 2.05) is 0 Å². The number of carboxylic acid groups (broad SMARTS) is 1. The molecule has 0 unspecified atom stereocenters. The van der Waals surface area contributed by atoms with E-state index in [1.54, 1.807) is 20.8 Å². The van der Waals surface area contributed by atoms with Crippen LogP contribution in [0.4, 0.5) is 0 Å². The van der Waals surface area contributed by atoms with Gasteiger partial charge in [-0.05, 0) is 38.5 Å². The summed E-state index contributed by atoms with van der Waals surface area (Å²) in [6, 6.07) is 0. The van der Waals surface area contributed by atoms with Crippen LogP contribution in [0.2, 0.25) is 0 Å². The molecule has 13 nitrogen and oxygen atoms in total. The van der Waals surface area contributed by atoms with Gasteiger partial charge in [0.15, 0.2) is 15.7 Å². The SMILES string of the molecule is CC(C)(C)C(=O)C[C@@H](CCCCNC(=O)CCCCCS(=O)(=O)CC(=O)CCCCCCCCCCCCCCCc1nn[nH]n1)C(=O)CCC(=O)O. The van der Waals surface area contributed by atoms with E-state index < -0.39 is 32.9 Å². The van der Waals surface area contributed by atoms with Crippen LogP contribution in [0.25, 0.3) is 0 Å². The summed E-state index contributed by atoms with van der Waals surface area (Å²) in [6.45, 7) is 5.81. The van der Waals surface area contributed by atoms with Crippen LogP contribution >= 0.6 is 0 Å². The van der Waals surface area contributed by atoms with Crippen molar-refractivity contribution in [3.8, 4) is 0 Å². The second kappa shape index (κ2) is 28.4. The number of hydrogen-bond acceptors (Lipinski definition) is 10. The fourth-order valence-electron chi connectivity index (χ4n) is 6.19. The Balaban J connectivity index is 2.02. The van der Waals surface area contributed by atoms with Crippen molar-refractivity contribution in [3.05, 3.63) is 5.82 Å². The molecule has 0 aliphatic heterocycles. The molecule has 0 aromatic carbocycles. The van der Waals surface area contributed by atoms with Gasteiger partial charge in [-0.2, -0.15) is 5.21 Å². The summed E-state index contributed by atoms with van der Waals surface area (Å²) in [5.41, 5.74) is -0.582. The maximum absolute atomic E-state index is 12.6. The van der Waals surface area contributed by atoms with Crippen molar-refractivity contribution < 1.29 is 37.5 Å². The molecule has 1 atom stereocenters. The summed E-state index contributed by atoms with van der Waals surface area (Å²) < 4.78 is 24.8. The first-order valence-electron chi connectivity index (χ1n) is 20.2. The van der Waals surface area contributed by atoms with Crippen molar-refractivity contribution in [3.63, 3.8) is 0 Å². The van der Waals surface area contributed by atoms with E-state index >= 15 is 0 Å². The van der Waals surface area contributed by atoms with Gasteiger partial charge >= 0.3 is 5.97 Å². The van der Waals surface area contributed by atoms with Crippen LogP contribution in [-0.4, -0.2) is 81.4 Å². The third kappa shape index (κ3) is 27.2. The number of H-pyrrole nitrogens is 1. The molecule has 14 heteroatoms. The van der Waals surface area contributed by atoms with Gasteiger partial charge in [0.05, 0.1) is 12.2 Å². The van der Waals surface area contributed by atoms with Crippen molar-refractivity contribution in [1.82, 2.24) is 25.9 Å². The Morgan fingerprint density at radius 2 is 1.28 bits per heavy atom. The Morgan fingerprint density at radius 1 is 0.717 bits per heavy atom. The van der Waals surface area contributed by atoms with Crippen molar-refractivity contribution >= 4 is 39.1 Å². The number of hydrogen-bond donors (Lipinski definition) is 3. The van der Waals surface area contributed by atoms with E-state index in [4.69, 9.17) is 5.11 Å². The van der Waals surface area contributed by atoms with E-state index in [9.17, 15) is 32.4 Å². The van der Waals surface area contributed by atoms with Crippen LogP contribution in [-0.2, 0) is 40.2 Å². The molecule has 1 amide bonds. The van der Waals surface area contributed by atoms with Crippen LogP contribution in [0, 0.1) is 11.3 Å². The van der Waals surface area contributed by atoms with Gasteiger partial charge in [-0.15, -0.1) is 10.2 Å². The van der Waals surface area contributed by atoms with E-state index in [0.29, 0.717) is 51.5 Å². The lowest BCUT2D eigenvalue weighted by atomic mass is 9.81. The molecule has 0 saturated heterocycles. The largest absolute Gasteiger partial charge is 0.481 e. The maximum Gasteiger partial charge on any atom is 0.303 e. The highest BCUT2D eigenvalue weighted by Gasteiger charge is 2.28. The predicted molar refractivity (Wildman–Crippen MR) is 206 cm³/mol. The highest BCUT2D eigenvalue weighted by Crippen LogP contribution is 2.24. The molecule has 3 N–H and O–H groups in total. The number of sulfone groups is 1. The van der Waals surface area contributed by atoms with E-state index in [1.165, 1.54) is 51.4 Å². The molecule has 0 fully saturated rings. The molecule has 0 saturated carbocycles. The van der Waals surface area contributed by atoms with Crippen molar-refractivity contribution in [1.29, 1.82) is 0 Å². The molecule has 0 spiro atoms. The van der Waals surface area contributed by atoms with Crippen molar-refractivity contribution in [2.24, 2.45) is 11.3 Å². The quantitative estimate of drug-likeness (QED) is 0.0595. The minimum absolute atomic E-state index is 0.0370. The van der Waals surface area contributed by atoms with E-state index in [0.717, 1.165) is 44.3 Å². The number of aromatic amines is 1. The number of amides is 1. The Bertz CT molecular complexity index is 1300. The average molecular weight is 768 g/mol. The minimum Gasteiger partial charge on any atom is -0.481 e.